The van der Waals surface area contributed by atoms with Gasteiger partial charge in [0.25, 0.3) is 0 Å². The quantitative estimate of drug-likeness (QED) is 0.764. The van der Waals surface area contributed by atoms with Crippen LogP contribution in [0.2, 0.25) is 0 Å². The third kappa shape index (κ3) is 4.42. The van der Waals surface area contributed by atoms with E-state index in [9.17, 15) is 14.0 Å². The van der Waals surface area contributed by atoms with Gasteiger partial charge < -0.3 is 19.9 Å². The SMILES string of the molecule is O=C(NCCOc1ccc(F)cc1)[C@@H]1CC[C@H](C(=O)O)O1. The number of carboxylic acid groups (broad SMARTS) is 1. The van der Waals surface area contributed by atoms with Gasteiger partial charge in [-0.3, -0.25) is 4.79 Å². The van der Waals surface area contributed by atoms with E-state index < -0.39 is 18.2 Å². The normalized spacial score (nSPS) is 21.0. The number of carboxylic acids is 1. The van der Waals surface area contributed by atoms with Crippen LogP contribution in [0.4, 0.5) is 4.39 Å². The average molecular weight is 297 g/mol. The average Bonchev–Trinajstić information content (AvgIpc) is 2.95. The van der Waals surface area contributed by atoms with E-state index in [-0.39, 0.29) is 24.9 Å². The summed E-state index contributed by atoms with van der Waals surface area (Å²) in [5, 5.41) is 11.4. The minimum Gasteiger partial charge on any atom is -0.492 e. The van der Waals surface area contributed by atoms with E-state index >= 15 is 0 Å². The Morgan fingerprint density at radius 3 is 2.57 bits per heavy atom. The van der Waals surface area contributed by atoms with Gasteiger partial charge in [0.05, 0.1) is 6.54 Å². The standard InChI is InChI=1S/C14H16FNO5/c15-9-1-3-10(4-2-9)20-8-7-16-13(17)11-5-6-12(21-11)14(18)19/h1-4,11-12H,5-8H2,(H,16,17)(H,18,19)/t11-,12+/m0/s1. The molecule has 21 heavy (non-hydrogen) atoms. The highest BCUT2D eigenvalue weighted by atomic mass is 19.1. The summed E-state index contributed by atoms with van der Waals surface area (Å²) < 4.78 is 23.1. The molecule has 1 heterocycles. The Morgan fingerprint density at radius 1 is 1.29 bits per heavy atom. The molecule has 1 aliphatic rings. The van der Waals surface area contributed by atoms with E-state index in [1.54, 1.807) is 0 Å². The summed E-state index contributed by atoms with van der Waals surface area (Å²) in [6.07, 6.45) is -0.908. The first-order chi connectivity index (χ1) is 10.1. The van der Waals surface area contributed by atoms with Gasteiger partial charge in [0.2, 0.25) is 5.91 Å². The van der Waals surface area contributed by atoms with Crippen LogP contribution in [0.5, 0.6) is 5.75 Å². The van der Waals surface area contributed by atoms with Gasteiger partial charge in [-0.25, -0.2) is 9.18 Å². The first-order valence-electron chi connectivity index (χ1n) is 6.60. The maximum absolute atomic E-state index is 12.7. The van der Waals surface area contributed by atoms with Gasteiger partial charge >= 0.3 is 5.97 Å². The molecule has 7 heteroatoms. The summed E-state index contributed by atoms with van der Waals surface area (Å²) in [4.78, 5) is 22.4. The Morgan fingerprint density at radius 2 is 1.95 bits per heavy atom. The van der Waals surface area contributed by atoms with Crippen molar-refractivity contribution in [3.63, 3.8) is 0 Å². The molecule has 0 aliphatic carbocycles. The number of carbonyl (C=O) groups is 2. The lowest BCUT2D eigenvalue weighted by atomic mass is 10.2. The number of ether oxygens (including phenoxy) is 2. The fourth-order valence-electron chi connectivity index (χ4n) is 2.00. The molecule has 2 N–H and O–H groups in total. The maximum atomic E-state index is 12.7. The van der Waals surface area contributed by atoms with Crippen molar-refractivity contribution >= 4 is 11.9 Å². The zero-order chi connectivity index (χ0) is 15.2. The monoisotopic (exact) mass is 297 g/mol. The first-order valence-corrected chi connectivity index (χ1v) is 6.60. The molecule has 2 rings (SSSR count). The third-order valence-corrected chi connectivity index (χ3v) is 3.07. The zero-order valence-corrected chi connectivity index (χ0v) is 11.3. The molecule has 1 fully saturated rings. The van der Waals surface area contributed by atoms with E-state index in [1.807, 2.05) is 0 Å². The van der Waals surface area contributed by atoms with Crippen LogP contribution in [-0.2, 0) is 14.3 Å². The van der Waals surface area contributed by atoms with Crippen molar-refractivity contribution in [3.8, 4) is 5.75 Å². The molecule has 0 bridgehead atoms. The Labute approximate surface area is 120 Å². The van der Waals surface area contributed by atoms with Crippen LogP contribution in [-0.4, -0.2) is 42.3 Å². The van der Waals surface area contributed by atoms with Gasteiger partial charge in [0, 0.05) is 0 Å². The molecule has 2 atom stereocenters. The van der Waals surface area contributed by atoms with Crippen LogP contribution in [0.3, 0.4) is 0 Å². The van der Waals surface area contributed by atoms with Crippen LogP contribution in [0.1, 0.15) is 12.8 Å². The number of nitrogens with one attached hydrogen (secondary N) is 1. The number of amides is 1. The van der Waals surface area contributed by atoms with Crippen LogP contribution < -0.4 is 10.1 Å². The maximum Gasteiger partial charge on any atom is 0.332 e. The molecule has 1 amide bonds. The molecule has 0 aromatic heterocycles. The number of halogens is 1. The number of carbonyl (C=O) groups excluding carboxylic acids is 1. The Kier molecular flexibility index (Phi) is 5.10. The molecular formula is C14H16FNO5. The fourth-order valence-corrected chi connectivity index (χ4v) is 2.00. The second-order valence-corrected chi connectivity index (χ2v) is 4.62. The number of aliphatic carboxylic acids is 1. The van der Waals surface area contributed by atoms with Crippen molar-refractivity contribution in [1.29, 1.82) is 0 Å². The van der Waals surface area contributed by atoms with Crippen molar-refractivity contribution < 1.29 is 28.6 Å². The number of hydrogen-bond donors (Lipinski definition) is 2. The van der Waals surface area contributed by atoms with Crippen molar-refractivity contribution in [2.45, 2.75) is 25.0 Å². The lowest BCUT2D eigenvalue weighted by Gasteiger charge is -2.12. The molecule has 0 saturated carbocycles. The van der Waals surface area contributed by atoms with Gasteiger partial charge in [0.15, 0.2) is 6.10 Å². The van der Waals surface area contributed by atoms with Gasteiger partial charge in [-0.15, -0.1) is 0 Å². The molecule has 0 spiro atoms. The molecule has 1 saturated heterocycles. The third-order valence-electron chi connectivity index (χ3n) is 3.07. The van der Waals surface area contributed by atoms with Crippen molar-refractivity contribution in [1.82, 2.24) is 5.32 Å². The highest BCUT2D eigenvalue weighted by Gasteiger charge is 2.34. The van der Waals surface area contributed by atoms with E-state index in [1.165, 1.54) is 24.3 Å². The molecule has 1 aliphatic heterocycles. The van der Waals surface area contributed by atoms with E-state index in [0.717, 1.165) is 0 Å². The number of rotatable bonds is 6. The second kappa shape index (κ2) is 7.03. The first kappa shape index (κ1) is 15.2. The predicted molar refractivity (Wildman–Crippen MR) is 70.4 cm³/mol. The molecule has 1 aromatic rings. The number of benzene rings is 1. The lowest BCUT2D eigenvalue weighted by Crippen LogP contribution is -2.37. The predicted octanol–water partition coefficient (Wildman–Crippen LogP) is 0.953. The summed E-state index contributed by atoms with van der Waals surface area (Å²) in [6, 6.07) is 5.56. The summed E-state index contributed by atoms with van der Waals surface area (Å²) in [5.74, 6) is -1.23. The zero-order valence-electron chi connectivity index (χ0n) is 11.3. The molecule has 0 unspecified atom stereocenters. The molecular weight excluding hydrogens is 281 g/mol. The Balaban J connectivity index is 1.66. The summed E-state index contributed by atoms with van der Waals surface area (Å²) in [7, 11) is 0. The second-order valence-electron chi connectivity index (χ2n) is 4.62. The van der Waals surface area contributed by atoms with Crippen LogP contribution in [0.25, 0.3) is 0 Å². The highest BCUT2D eigenvalue weighted by molar-refractivity contribution is 5.82. The summed E-state index contributed by atoms with van der Waals surface area (Å²) in [6.45, 7) is 0.486. The fraction of sp³-hybridized carbons (Fsp3) is 0.429. The van der Waals surface area contributed by atoms with Crippen molar-refractivity contribution in [2.24, 2.45) is 0 Å². The van der Waals surface area contributed by atoms with E-state index in [2.05, 4.69) is 5.32 Å². The Hall–Kier alpha value is -2.15. The largest absolute Gasteiger partial charge is 0.492 e. The molecule has 6 nitrogen and oxygen atoms in total. The molecule has 1 aromatic carbocycles. The van der Waals surface area contributed by atoms with Crippen LogP contribution in [0.15, 0.2) is 24.3 Å². The van der Waals surface area contributed by atoms with E-state index in [4.69, 9.17) is 14.6 Å². The molecule has 114 valence electrons. The minimum atomic E-state index is -1.05. The highest BCUT2D eigenvalue weighted by Crippen LogP contribution is 2.19. The number of hydrogen-bond acceptors (Lipinski definition) is 4. The van der Waals surface area contributed by atoms with E-state index in [0.29, 0.717) is 18.6 Å². The summed E-state index contributed by atoms with van der Waals surface area (Å²) in [5.41, 5.74) is 0. The Bertz CT molecular complexity index is 505. The van der Waals surface area contributed by atoms with Gasteiger partial charge in [0.1, 0.15) is 24.3 Å². The summed E-state index contributed by atoms with van der Waals surface area (Å²) >= 11 is 0. The van der Waals surface area contributed by atoms with Crippen LogP contribution in [0, 0.1) is 5.82 Å². The minimum absolute atomic E-state index is 0.229. The van der Waals surface area contributed by atoms with Crippen molar-refractivity contribution in [2.75, 3.05) is 13.2 Å². The van der Waals surface area contributed by atoms with Crippen LogP contribution >= 0.6 is 0 Å². The molecule has 0 radical (unpaired) electrons. The lowest BCUT2D eigenvalue weighted by molar-refractivity contribution is -0.151. The van der Waals surface area contributed by atoms with Gasteiger partial charge in [-0.2, -0.15) is 0 Å². The van der Waals surface area contributed by atoms with Gasteiger partial charge in [-0.1, -0.05) is 0 Å². The van der Waals surface area contributed by atoms with Gasteiger partial charge in [-0.05, 0) is 37.1 Å². The smallest absolute Gasteiger partial charge is 0.332 e. The van der Waals surface area contributed by atoms with Crippen molar-refractivity contribution in [3.05, 3.63) is 30.1 Å². The topological polar surface area (TPSA) is 84.9 Å².